The molecular weight excluding hydrogens is 455 g/mol. The first kappa shape index (κ1) is 23.7. The highest BCUT2D eigenvalue weighted by Crippen LogP contribution is 2.30. The van der Waals surface area contributed by atoms with E-state index >= 15 is 0 Å². The number of hydrogen-bond donors (Lipinski definition) is 2. The third kappa shape index (κ3) is 5.15. The molecule has 1 atom stereocenters. The number of fused-ring (bicyclic) bond motifs is 1. The standard InChI is InChI=1S/C29H29FN4O2/c30-22-12-14-24(15-13-22)34(27(35)17-21-19-32-26-11-5-4-10-25(21)26)28(20-7-6-16-31-18-20)29(36)33-23-8-2-1-3-9-23/h4-7,10-16,18-19,23,28,32H,1-3,8-9,17H2,(H,33,36)/t28-/m0/s1. The van der Waals surface area contributed by atoms with E-state index in [9.17, 15) is 14.0 Å². The number of aromatic amines is 1. The first-order valence-corrected chi connectivity index (χ1v) is 12.4. The van der Waals surface area contributed by atoms with Crippen molar-refractivity contribution in [2.45, 2.75) is 50.6 Å². The van der Waals surface area contributed by atoms with Gasteiger partial charge < -0.3 is 10.3 Å². The van der Waals surface area contributed by atoms with E-state index in [0.29, 0.717) is 11.3 Å². The SMILES string of the molecule is O=C(NC1CCCCC1)[C@H](c1cccnc1)N(C(=O)Cc1c[nH]c2ccccc12)c1ccc(F)cc1. The minimum atomic E-state index is -0.941. The zero-order valence-corrected chi connectivity index (χ0v) is 20.0. The normalized spacial score (nSPS) is 14.9. The van der Waals surface area contributed by atoms with Crippen LogP contribution in [0.5, 0.6) is 0 Å². The number of hydrogen-bond acceptors (Lipinski definition) is 3. The van der Waals surface area contributed by atoms with Gasteiger partial charge in [0.25, 0.3) is 0 Å². The van der Waals surface area contributed by atoms with Gasteiger partial charge in [0.05, 0.1) is 6.42 Å². The lowest BCUT2D eigenvalue weighted by Gasteiger charge is -2.33. The van der Waals surface area contributed by atoms with Gasteiger partial charge in [-0.15, -0.1) is 0 Å². The summed E-state index contributed by atoms with van der Waals surface area (Å²) in [4.78, 5) is 36.7. The van der Waals surface area contributed by atoms with Crippen molar-refractivity contribution in [3.63, 3.8) is 0 Å². The van der Waals surface area contributed by atoms with Crippen LogP contribution in [0.25, 0.3) is 10.9 Å². The van der Waals surface area contributed by atoms with Gasteiger partial charge in [0, 0.05) is 46.8 Å². The average molecular weight is 485 g/mol. The molecular formula is C29H29FN4O2. The van der Waals surface area contributed by atoms with E-state index in [1.807, 2.05) is 30.5 Å². The van der Waals surface area contributed by atoms with Gasteiger partial charge in [-0.1, -0.05) is 43.5 Å². The van der Waals surface area contributed by atoms with Gasteiger partial charge in [0.15, 0.2) is 0 Å². The van der Waals surface area contributed by atoms with Crippen molar-refractivity contribution < 1.29 is 14.0 Å². The van der Waals surface area contributed by atoms with Crippen LogP contribution < -0.4 is 10.2 Å². The summed E-state index contributed by atoms with van der Waals surface area (Å²) in [6.07, 6.45) is 10.3. The molecule has 2 heterocycles. The van der Waals surface area contributed by atoms with E-state index in [2.05, 4.69) is 15.3 Å². The Morgan fingerprint density at radius 1 is 1.03 bits per heavy atom. The first-order valence-electron chi connectivity index (χ1n) is 12.4. The number of pyridine rings is 1. The van der Waals surface area contributed by atoms with Crippen molar-refractivity contribution in [1.29, 1.82) is 0 Å². The Balaban J connectivity index is 1.54. The quantitative estimate of drug-likeness (QED) is 0.365. The Morgan fingerprint density at radius 3 is 2.56 bits per heavy atom. The Bertz CT molecular complexity index is 1330. The predicted octanol–water partition coefficient (Wildman–Crippen LogP) is 5.47. The van der Waals surface area contributed by atoms with Gasteiger partial charge in [-0.05, 0) is 54.8 Å². The average Bonchev–Trinajstić information content (AvgIpc) is 3.31. The molecule has 1 saturated carbocycles. The Kier molecular flexibility index (Phi) is 7.07. The van der Waals surface area contributed by atoms with E-state index < -0.39 is 11.9 Å². The van der Waals surface area contributed by atoms with Crippen LogP contribution in [0, 0.1) is 5.82 Å². The van der Waals surface area contributed by atoms with Crippen LogP contribution in [-0.4, -0.2) is 27.8 Å². The number of rotatable bonds is 7. The van der Waals surface area contributed by atoms with E-state index in [1.54, 1.807) is 36.7 Å². The third-order valence-corrected chi connectivity index (χ3v) is 6.85. The molecule has 36 heavy (non-hydrogen) atoms. The molecule has 2 aromatic carbocycles. The number of anilines is 1. The number of benzene rings is 2. The van der Waals surface area contributed by atoms with Crippen molar-refractivity contribution in [1.82, 2.24) is 15.3 Å². The van der Waals surface area contributed by atoms with Crippen LogP contribution in [0.3, 0.4) is 0 Å². The van der Waals surface area contributed by atoms with Crippen LogP contribution >= 0.6 is 0 Å². The predicted molar refractivity (Wildman–Crippen MR) is 138 cm³/mol. The molecule has 2 N–H and O–H groups in total. The van der Waals surface area contributed by atoms with Gasteiger partial charge in [0.2, 0.25) is 11.8 Å². The molecule has 0 saturated heterocycles. The zero-order chi connectivity index (χ0) is 24.9. The fourth-order valence-corrected chi connectivity index (χ4v) is 5.05. The second-order valence-electron chi connectivity index (χ2n) is 9.31. The Labute approximate surface area is 209 Å². The number of amides is 2. The molecule has 4 aromatic rings. The summed E-state index contributed by atoms with van der Waals surface area (Å²) in [6, 6.07) is 16.2. The molecule has 2 amide bonds. The topological polar surface area (TPSA) is 78.1 Å². The zero-order valence-electron chi connectivity index (χ0n) is 20.0. The highest BCUT2D eigenvalue weighted by molar-refractivity contribution is 6.03. The summed E-state index contributed by atoms with van der Waals surface area (Å²) in [6.45, 7) is 0. The molecule has 1 aliphatic rings. The fourth-order valence-electron chi connectivity index (χ4n) is 5.05. The fraction of sp³-hybridized carbons (Fsp3) is 0.276. The van der Waals surface area contributed by atoms with E-state index in [-0.39, 0.29) is 24.3 Å². The number of aromatic nitrogens is 2. The number of carbonyl (C=O) groups excluding carboxylic acids is 2. The lowest BCUT2D eigenvalue weighted by Crippen LogP contribution is -2.47. The van der Waals surface area contributed by atoms with Gasteiger partial charge in [-0.2, -0.15) is 0 Å². The van der Waals surface area contributed by atoms with Crippen molar-refractivity contribution in [2.75, 3.05) is 4.90 Å². The first-order chi connectivity index (χ1) is 17.6. The number of carbonyl (C=O) groups is 2. The maximum Gasteiger partial charge on any atom is 0.248 e. The molecule has 1 aliphatic carbocycles. The molecule has 0 bridgehead atoms. The smallest absolute Gasteiger partial charge is 0.248 e. The largest absolute Gasteiger partial charge is 0.361 e. The summed E-state index contributed by atoms with van der Waals surface area (Å²) in [5, 5.41) is 4.13. The molecule has 7 heteroatoms. The van der Waals surface area contributed by atoms with Crippen LogP contribution in [0.1, 0.15) is 49.3 Å². The maximum atomic E-state index is 14.0. The summed E-state index contributed by atoms with van der Waals surface area (Å²) in [7, 11) is 0. The monoisotopic (exact) mass is 484 g/mol. The molecule has 0 spiro atoms. The number of nitrogens with zero attached hydrogens (tertiary/aromatic N) is 2. The lowest BCUT2D eigenvalue weighted by atomic mass is 9.94. The molecule has 2 aromatic heterocycles. The van der Waals surface area contributed by atoms with Gasteiger partial charge >= 0.3 is 0 Å². The van der Waals surface area contributed by atoms with Crippen LogP contribution in [-0.2, 0) is 16.0 Å². The second kappa shape index (κ2) is 10.7. The van der Waals surface area contributed by atoms with Crippen molar-refractivity contribution in [3.8, 4) is 0 Å². The number of halogens is 1. The van der Waals surface area contributed by atoms with Gasteiger partial charge in [-0.3, -0.25) is 19.5 Å². The maximum absolute atomic E-state index is 14.0. The highest BCUT2D eigenvalue weighted by atomic mass is 19.1. The summed E-state index contributed by atoms with van der Waals surface area (Å²) < 4.78 is 13.8. The van der Waals surface area contributed by atoms with Gasteiger partial charge in [0.1, 0.15) is 11.9 Å². The second-order valence-corrected chi connectivity index (χ2v) is 9.31. The molecule has 184 valence electrons. The number of H-pyrrole nitrogens is 1. The summed E-state index contributed by atoms with van der Waals surface area (Å²) in [5.74, 6) is -0.933. The molecule has 0 unspecified atom stereocenters. The van der Waals surface area contributed by atoms with E-state index in [4.69, 9.17) is 0 Å². The minimum Gasteiger partial charge on any atom is -0.361 e. The molecule has 6 nitrogen and oxygen atoms in total. The number of nitrogens with one attached hydrogen (secondary N) is 2. The Hall–Kier alpha value is -4.00. The van der Waals surface area contributed by atoms with Gasteiger partial charge in [-0.25, -0.2) is 4.39 Å². The molecule has 0 aliphatic heterocycles. The minimum absolute atomic E-state index is 0.0733. The highest BCUT2D eigenvalue weighted by Gasteiger charge is 2.34. The van der Waals surface area contributed by atoms with Crippen LogP contribution in [0.2, 0.25) is 0 Å². The summed E-state index contributed by atoms with van der Waals surface area (Å²) in [5.41, 5.74) is 2.82. The van der Waals surface area contributed by atoms with Crippen LogP contribution in [0.4, 0.5) is 10.1 Å². The number of para-hydroxylation sites is 1. The molecule has 0 radical (unpaired) electrons. The van der Waals surface area contributed by atoms with E-state index in [0.717, 1.165) is 42.1 Å². The van der Waals surface area contributed by atoms with Crippen molar-refractivity contribution in [2.24, 2.45) is 0 Å². The molecule has 5 rings (SSSR count). The molecule has 1 fully saturated rings. The summed E-state index contributed by atoms with van der Waals surface area (Å²) >= 11 is 0. The third-order valence-electron chi connectivity index (χ3n) is 6.85. The lowest BCUT2D eigenvalue weighted by molar-refractivity contribution is -0.127. The van der Waals surface area contributed by atoms with Crippen molar-refractivity contribution >= 4 is 28.4 Å². The van der Waals surface area contributed by atoms with Crippen molar-refractivity contribution in [3.05, 3.63) is 96.2 Å². The Morgan fingerprint density at radius 2 is 1.81 bits per heavy atom. The van der Waals surface area contributed by atoms with Crippen LogP contribution in [0.15, 0.2) is 79.3 Å². The van der Waals surface area contributed by atoms with E-state index in [1.165, 1.54) is 23.5 Å².